The Morgan fingerprint density at radius 2 is 1.67 bits per heavy atom. The summed E-state index contributed by atoms with van der Waals surface area (Å²) in [6.45, 7) is 17.3. The Kier molecular flexibility index (Phi) is 6.60. The predicted octanol–water partition coefficient (Wildman–Crippen LogP) is 7.03. The van der Waals surface area contributed by atoms with E-state index in [-0.39, 0.29) is 16.6 Å². The maximum Gasteiger partial charge on any atom is 0.159 e. The van der Waals surface area contributed by atoms with Crippen LogP contribution >= 0.6 is 0 Å². The fraction of sp³-hybridized carbons (Fsp3) is 0.640. The van der Waals surface area contributed by atoms with Crippen LogP contribution in [0, 0.1) is 0 Å². The highest BCUT2D eigenvalue weighted by Gasteiger charge is 2.30. The number of allylic oxidation sites excluding steroid dienone is 2. The lowest BCUT2D eigenvalue weighted by molar-refractivity contribution is -0.113. The summed E-state index contributed by atoms with van der Waals surface area (Å²) < 4.78 is 6.47. The van der Waals surface area contributed by atoms with Gasteiger partial charge in [-0.25, -0.2) is 0 Å². The van der Waals surface area contributed by atoms with Crippen molar-refractivity contribution in [2.75, 3.05) is 0 Å². The van der Waals surface area contributed by atoms with Gasteiger partial charge in [0.25, 0.3) is 0 Å². The van der Waals surface area contributed by atoms with Crippen LogP contribution in [0.25, 0.3) is 0 Å². The Morgan fingerprint density at radius 1 is 1.00 bits per heavy atom. The standard InChI is InChI=1S/C25H38O2/c1-9-10-11-12-13-22-20(17(2)26)15-18-14-19(24(3,4)5)16-21(23(18)27-22)25(6,7)8/h14,16H,9-13,15H2,1-8H3. The van der Waals surface area contributed by atoms with E-state index < -0.39 is 0 Å². The average molecular weight is 371 g/mol. The zero-order valence-electron chi connectivity index (χ0n) is 18.7. The van der Waals surface area contributed by atoms with Crippen LogP contribution in [0.3, 0.4) is 0 Å². The van der Waals surface area contributed by atoms with Gasteiger partial charge in [0.1, 0.15) is 11.5 Å². The van der Waals surface area contributed by atoms with Gasteiger partial charge < -0.3 is 4.74 Å². The fourth-order valence-corrected chi connectivity index (χ4v) is 3.64. The summed E-state index contributed by atoms with van der Waals surface area (Å²) in [4.78, 5) is 12.3. The van der Waals surface area contributed by atoms with Crippen LogP contribution in [-0.4, -0.2) is 5.78 Å². The molecule has 0 aliphatic carbocycles. The van der Waals surface area contributed by atoms with E-state index in [1.807, 2.05) is 0 Å². The van der Waals surface area contributed by atoms with Crippen molar-refractivity contribution in [1.29, 1.82) is 0 Å². The lowest BCUT2D eigenvalue weighted by Gasteiger charge is -2.32. The molecule has 0 aromatic heterocycles. The molecular weight excluding hydrogens is 332 g/mol. The molecule has 0 bridgehead atoms. The number of carbonyl (C=O) groups is 1. The van der Waals surface area contributed by atoms with E-state index in [4.69, 9.17) is 4.74 Å². The van der Waals surface area contributed by atoms with Gasteiger partial charge in [-0.1, -0.05) is 79.9 Å². The van der Waals surface area contributed by atoms with Gasteiger partial charge in [0.05, 0.1) is 0 Å². The molecule has 0 saturated heterocycles. The fourth-order valence-electron chi connectivity index (χ4n) is 3.64. The van der Waals surface area contributed by atoms with Crippen molar-refractivity contribution in [2.24, 2.45) is 0 Å². The van der Waals surface area contributed by atoms with Gasteiger partial charge in [-0.2, -0.15) is 0 Å². The van der Waals surface area contributed by atoms with Gasteiger partial charge in [-0.3, -0.25) is 4.79 Å². The van der Waals surface area contributed by atoms with Crippen molar-refractivity contribution in [1.82, 2.24) is 0 Å². The molecule has 0 N–H and O–H groups in total. The molecule has 0 saturated carbocycles. The second kappa shape index (κ2) is 8.20. The Morgan fingerprint density at radius 3 is 2.19 bits per heavy atom. The molecule has 1 aromatic carbocycles. The first-order valence-electron chi connectivity index (χ1n) is 10.5. The topological polar surface area (TPSA) is 26.3 Å². The normalized spacial score (nSPS) is 14.8. The first-order valence-corrected chi connectivity index (χ1v) is 10.5. The number of fused-ring (bicyclic) bond motifs is 1. The predicted molar refractivity (Wildman–Crippen MR) is 115 cm³/mol. The number of carbonyl (C=O) groups excluding carboxylic acids is 1. The Bertz CT molecular complexity index is 724. The molecule has 2 heteroatoms. The monoisotopic (exact) mass is 370 g/mol. The van der Waals surface area contributed by atoms with Gasteiger partial charge in [0.15, 0.2) is 5.78 Å². The van der Waals surface area contributed by atoms with Crippen molar-refractivity contribution in [3.63, 3.8) is 0 Å². The van der Waals surface area contributed by atoms with E-state index >= 15 is 0 Å². The first-order chi connectivity index (χ1) is 12.4. The number of ketones is 1. The number of benzene rings is 1. The molecule has 150 valence electrons. The number of rotatable bonds is 6. The Hall–Kier alpha value is -1.57. The van der Waals surface area contributed by atoms with E-state index in [1.165, 1.54) is 30.4 Å². The molecule has 0 unspecified atom stereocenters. The number of hydrogen-bond donors (Lipinski definition) is 0. The largest absolute Gasteiger partial charge is 0.461 e. The van der Waals surface area contributed by atoms with Gasteiger partial charge >= 0.3 is 0 Å². The smallest absolute Gasteiger partial charge is 0.159 e. The third-order valence-corrected chi connectivity index (χ3v) is 5.45. The quantitative estimate of drug-likeness (QED) is 0.502. The third kappa shape index (κ3) is 5.24. The number of ether oxygens (including phenoxy) is 1. The number of Topliss-reactive ketones (excluding diaryl/α,β-unsaturated/α-hetero) is 1. The summed E-state index contributed by atoms with van der Waals surface area (Å²) >= 11 is 0. The average Bonchev–Trinajstić information content (AvgIpc) is 2.55. The first kappa shape index (κ1) is 21.7. The maximum atomic E-state index is 12.3. The van der Waals surface area contributed by atoms with E-state index in [0.29, 0.717) is 6.42 Å². The summed E-state index contributed by atoms with van der Waals surface area (Å²) in [7, 11) is 0. The SMILES string of the molecule is CCCCCCC1=C(C(C)=O)Cc2cc(C(C)(C)C)cc(C(C)(C)C)c2O1. The molecule has 0 spiro atoms. The van der Waals surface area contributed by atoms with Crippen LogP contribution in [0.4, 0.5) is 0 Å². The van der Waals surface area contributed by atoms with E-state index in [1.54, 1.807) is 6.92 Å². The molecular formula is C25H38O2. The van der Waals surface area contributed by atoms with Gasteiger partial charge in [0.2, 0.25) is 0 Å². The highest BCUT2D eigenvalue weighted by Crippen LogP contribution is 2.43. The maximum absolute atomic E-state index is 12.3. The lowest BCUT2D eigenvalue weighted by Crippen LogP contribution is -2.23. The molecule has 0 fully saturated rings. The van der Waals surface area contributed by atoms with E-state index in [2.05, 4.69) is 60.6 Å². The van der Waals surface area contributed by atoms with Crippen molar-refractivity contribution >= 4 is 5.78 Å². The molecule has 1 heterocycles. The van der Waals surface area contributed by atoms with Crippen LogP contribution in [-0.2, 0) is 22.0 Å². The van der Waals surface area contributed by atoms with E-state index in [9.17, 15) is 4.79 Å². The second-order valence-corrected chi connectivity index (χ2v) is 10.1. The highest BCUT2D eigenvalue weighted by molar-refractivity contribution is 5.94. The molecule has 0 amide bonds. The minimum atomic E-state index is -0.00755. The summed E-state index contributed by atoms with van der Waals surface area (Å²) in [6.07, 6.45) is 6.28. The summed E-state index contributed by atoms with van der Waals surface area (Å²) in [5.41, 5.74) is 4.64. The summed E-state index contributed by atoms with van der Waals surface area (Å²) in [6, 6.07) is 4.56. The Balaban J connectivity index is 2.48. The second-order valence-electron chi connectivity index (χ2n) is 10.1. The van der Waals surface area contributed by atoms with Crippen LogP contribution in [0.5, 0.6) is 5.75 Å². The molecule has 1 aliphatic heterocycles. The molecule has 0 radical (unpaired) electrons. The zero-order valence-corrected chi connectivity index (χ0v) is 18.7. The van der Waals surface area contributed by atoms with Gasteiger partial charge in [-0.15, -0.1) is 0 Å². The molecule has 2 nitrogen and oxygen atoms in total. The van der Waals surface area contributed by atoms with Crippen molar-refractivity contribution < 1.29 is 9.53 Å². The summed E-state index contributed by atoms with van der Waals surface area (Å²) in [5.74, 6) is 2.04. The van der Waals surface area contributed by atoms with Crippen LogP contribution in [0.2, 0.25) is 0 Å². The summed E-state index contributed by atoms with van der Waals surface area (Å²) in [5, 5.41) is 0. The number of hydrogen-bond acceptors (Lipinski definition) is 2. The molecule has 2 rings (SSSR count). The molecule has 1 aliphatic rings. The van der Waals surface area contributed by atoms with Crippen molar-refractivity contribution in [3.8, 4) is 5.75 Å². The number of unbranched alkanes of at least 4 members (excludes halogenated alkanes) is 3. The van der Waals surface area contributed by atoms with E-state index in [0.717, 1.165) is 35.5 Å². The van der Waals surface area contributed by atoms with Crippen LogP contribution < -0.4 is 4.74 Å². The van der Waals surface area contributed by atoms with Crippen molar-refractivity contribution in [2.45, 2.75) is 105 Å². The molecule has 1 aromatic rings. The van der Waals surface area contributed by atoms with Gasteiger partial charge in [0, 0.05) is 24.0 Å². The van der Waals surface area contributed by atoms with Crippen LogP contribution in [0.1, 0.15) is 104 Å². The Labute approximate surface area is 166 Å². The van der Waals surface area contributed by atoms with Crippen molar-refractivity contribution in [3.05, 3.63) is 40.2 Å². The highest BCUT2D eigenvalue weighted by atomic mass is 16.5. The third-order valence-electron chi connectivity index (χ3n) is 5.45. The minimum absolute atomic E-state index is 0.00755. The molecule has 0 atom stereocenters. The minimum Gasteiger partial charge on any atom is -0.461 e. The zero-order chi connectivity index (χ0) is 20.4. The van der Waals surface area contributed by atoms with Crippen LogP contribution in [0.15, 0.2) is 23.5 Å². The lowest BCUT2D eigenvalue weighted by atomic mass is 9.77. The van der Waals surface area contributed by atoms with Gasteiger partial charge in [-0.05, 0) is 35.3 Å². The molecule has 27 heavy (non-hydrogen) atoms.